The van der Waals surface area contributed by atoms with Gasteiger partial charge >= 0.3 is 0 Å². The maximum atomic E-state index is 10.3. The van der Waals surface area contributed by atoms with E-state index in [0.717, 1.165) is 16.8 Å². The second kappa shape index (κ2) is 12.0. The van der Waals surface area contributed by atoms with Gasteiger partial charge in [0.05, 0.1) is 4.92 Å². The van der Waals surface area contributed by atoms with E-state index < -0.39 is 4.92 Å². The van der Waals surface area contributed by atoms with Crippen molar-refractivity contribution in [2.75, 3.05) is 5.73 Å². The second-order valence-corrected chi connectivity index (χ2v) is 5.13. The van der Waals surface area contributed by atoms with Gasteiger partial charge < -0.3 is 15.4 Å². The number of nitrogens with two attached hydrogens (primary N) is 1. The summed E-state index contributed by atoms with van der Waals surface area (Å²) >= 11 is 0. The van der Waals surface area contributed by atoms with Gasteiger partial charge in [0.25, 0.3) is 5.69 Å². The molecule has 0 heterocycles. The van der Waals surface area contributed by atoms with Crippen molar-refractivity contribution >= 4 is 11.4 Å². The number of nitro groups is 1. The highest BCUT2D eigenvalue weighted by atomic mass is 16.6. The summed E-state index contributed by atoms with van der Waals surface area (Å²) in [5.74, 6) is 0. The predicted molar refractivity (Wildman–Crippen MR) is 107 cm³/mol. The van der Waals surface area contributed by atoms with Crippen molar-refractivity contribution in [2.24, 2.45) is 0 Å². The third kappa shape index (κ3) is 7.46. The zero-order chi connectivity index (χ0) is 18.1. The molecule has 2 N–H and O–H groups in total. The molecule has 138 valence electrons. The molecule has 6 heteroatoms. The fourth-order valence-corrected chi connectivity index (χ4v) is 1.80. The number of anilines is 1. The van der Waals surface area contributed by atoms with Crippen LogP contribution in [0.3, 0.4) is 0 Å². The maximum absolute atomic E-state index is 10.3. The Bertz CT molecular complexity index is 756. The van der Waals surface area contributed by atoms with E-state index in [1.165, 1.54) is 12.1 Å². The van der Waals surface area contributed by atoms with E-state index in [1.54, 1.807) is 19.1 Å². The molecular weight excluding hydrogens is 328 g/mol. The second-order valence-electron chi connectivity index (χ2n) is 5.13. The Labute approximate surface area is 156 Å². The molecular formula is C20H26N4O2. The third-order valence-corrected chi connectivity index (χ3v) is 3.39. The molecule has 2 atom stereocenters. The van der Waals surface area contributed by atoms with Crippen LogP contribution in [-0.4, -0.2) is 4.92 Å². The van der Waals surface area contributed by atoms with Gasteiger partial charge in [-0.15, -0.1) is 0 Å². The third-order valence-electron chi connectivity index (χ3n) is 3.39. The van der Waals surface area contributed by atoms with Gasteiger partial charge in [0.1, 0.15) is 0 Å². The smallest absolute Gasteiger partial charge is 0.269 e. The molecule has 0 amide bonds. The first-order valence-electron chi connectivity index (χ1n) is 7.22. The quantitative estimate of drug-likeness (QED) is 0.313. The molecule has 0 saturated carbocycles. The van der Waals surface area contributed by atoms with Crippen molar-refractivity contribution in [1.29, 1.82) is 0 Å². The summed E-state index contributed by atoms with van der Waals surface area (Å²) < 4.78 is 0. The molecule has 0 fully saturated rings. The van der Waals surface area contributed by atoms with Crippen molar-refractivity contribution in [3.63, 3.8) is 0 Å². The lowest BCUT2D eigenvalue weighted by atomic mass is 10.1. The number of nitrogens with zero attached hydrogens (tertiary/aromatic N) is 3. The maximum Gasteiger partial charge on any atom is 0.269 e. The minimum Gasteiger partial charge on any atom is -0.399 e. The summed E-state index contributed by atoms with van der Waals surface area (Å²) in [6.45, 7) is 17.2. The fourth-order valence-electron chi connectivity index (χ4n) is 1.80. The fraction of sp³-hybridized carbons (Fsp3) is 0.300. The number of hydrogen-bond acceptors (Lipinski definition) is 3. The summed E-state index contributed by atoms with van der Waals surface area (Å²) in [5.41, 5.74) is 8.12. The van der Waals surface area contributed by atoms with E-state index >= 15 is 0 Å². The average Bonchev–Trinajstić information content (AvgIpc) is 2.61. The first-order valence-corrected chi connectivity index (χ1v) is 7.22. The first-order chi connectivity index (χ1) is 11.4. The average molecular weight is 354 g/mol. The van der Waals surface area contributed by atoms with Crippen molar-refractivity contribution < 1.29 is 4.92 Å². The predicted octanol–water partition coefficient (Wildman–Crippen LogP) is 6.10. The summed E-state index contributed by atoms with van der Waals surface area (Å²) in [4.78, 5) is 16.6. The standard InChI is InChI=1S/C9H8N2O2.C9H10N2.2CH4/c1-7(10-2)8-3-5-9(6-4-8)11(12)13;1-7(11-2)8-3-5-9(10)6-4-8;;/h3-7H,1H3;3-7H,10H2,1H3;2*1H4. The zero-order valence-corrected chi connectivity index (χ0v) is 13.5. The van der Waals surface area contributed by atoms with Crippen molar-refractivity contribution in [3.8, 4) is 0 Å². The monoisotopic (exact) mass is 354 g/mol. The van der Waals surface area contributed by atoms with Crippen LogP contribution >= 0.6 is 0 Å². The van der Waals surface area contributed by atoms with E-state index in [2.05, 4.69) is 9.69 Å². The van der Waals surface area contributed by atoms with Gasteiger partial charge in [-0.3, -0.25) is 10.1 Å². The SMILES string of the molecule is C.C.[C-]#[N+]C(C)c1ccc(N)cc1.[C-]#[N+]C(C)c1ccc([N+](=O)[O-])cc1. The molecule has 0 radical (unpaired) electrons. The Balaban J connectivity index is 0. The number of non-ortho nitro benzene ring substituents is 1. The Hall–Kier alpha value is -3.38. The Morgan fingerprint density at radius 1 is 0.885 bits per heavy atom. The highest BCUT2D eigenvalue weighted by Gasteiger charge is 2.10. The zero-order valence-electron chi connectivity index (χ0n) is 13.5. The topological polar surface area (TPSA) is 77.9 Å². The molecule has 0 aliphatic rings. The van der Waals surface area contributed by atoms with Crippen LogP contribution in [-0.2, 0) is 0 Å². The summed E-state index contributed by atoms with van der Waals surface area (Å²) in [6, 6.07) is 13.2. The van der Waals surface area contributed by atoms with Gasteiger partial charge in [0.15, 0.2) is 0 Å². The van der Waals surface area contributed by atoms with Crippen molar-refractivity contribution in [2.45, 2.75) is 40.8 Å². The van der Waals surface area contributed by atoms with Crippen LogP contribution in [0.15, 0.2) is 48.5 Å². The number of nitro benzene ring substituents is 1. The van der Waals surface area contributed by atoms with Gasteiger partial charge in [-0.25, -0.2) is 13.1 Å². The largest absolute Gasteiger partial charge is 0.399 e. The lowest BCUT2D eigenvalue weighted by molar-refractivity contribution is -0.384. The lowest BCUT2D eigenvalue weighted by Crippen LogP contribution is -1.90. The minimum atomic E-state index is -0.452. The number of hydrogen-bond donors (Lipinski definition) is 1. The van der Waals surface area contributed by atoms with Gasteiger partial charge in [-0.2, -0.15) is 0 Å². The molecule has 0 aromatic heterocycles. The molecule has 2 unspecified atom stereocenters. The van der Waals surface area contributed by atoms with E-state index in [1.807, 2.05) is 31.2 Å². The highest BCUT2D eigenvalue weighted by molar-refractivity contribution is 5.40. The number of rotatable bonds is 3. The molecule has 0 aliphatic heterocycles. The minimum absolute atomic E-state index is 0. The van der Waals surface area contributed by atoms with Crippen molar-refractivity contribution in [3.05, 3.63) is 92.6 Å². The molecule has 2 rings (SSSR count). The van der Waals surface area contributed by atoms with Crippen LogP contribution in [0.4, 0.5) is 11.4 Å². The molecule has 0 bridgehead atoms. The molecule has 0 aliphatic carbocycles. The lowest BCUT2D eigenvalue weighted by Gasteiger charge is -1.98. The van der Waals surface area contributed by atoms with Crippen LogP contribution in [0.1, 0.15) is 51.9 Å². The van der Waals surface area contributed by atoms with Gasteiger partial charge in [0.2, 0.25) is 12.1 Å². The highest BCUT2D eigenvalue weighted by Crippen LogP contribution is 2.19. The Morgan fingerprint density at radius 3 is 1.54 bits per heavy atom. The Kier molecular flexibility index (Phi) is 11.5. The summed E-state index contributed by atoms with van der Waals surface area (Å²) in [6.07, 6.45) is 0. The van der Waals surface area contributed by atoms with Gasteiger partial charge in [0, 0.05) is 42.8 Å². The van der Waals surface area contributed by atoms with E-state index in [4.69, 9.17) is 18.9 Å². The molecule has 2 aromatic rings. The Morgan fingerprint density at radius 2 is 1.23 bits per heavy atom. The summed E-state index contributed by atoms with van der Waals surface area (Å²) in [7, 11) is 0. The normalized spacial score (nSPS) is 10.9. The van der Waals surface area contributed by atoms with E-state index in [-0.39, 0.29) is 32.6 Å². The molecule has 0 saturated heterocycles. The van der Waals surface area contributed by atoms with Crippen LogP contribution in [0.25, 0.3) is 9.69 Å². The van der Waals surface area contributed by atoms with Crippen LogP contribution in [0.5, 0.6) is 0 Å². The molecule has 26 heavy (non-hydrogen) atoms. The van der Waals surface area contributed by atoms with Crippen LogP contribution < -0.4 is 5.73 Å². The van der Waals surface area contributed by atoms with Crippen LogP contribution in [0, 0.1) is 23.3 Å². The number of nitrogen functional groups attached to an aromatic ring is 1. The van der Waals surface area contributed by atoms with Crippen molar-refractivity contribution in [1.82, 2.24) is 0 Å². The summed E-state index contributed by atoms with van der Waals surface area (Å²) in [5, 5.41) is 10.3. The number of benzene rings is 2. The van der Waals surface area contributed by atoms with E-state index in [0.29, 0.717) is 0 Å². The van der Waals surface area contributed by atoms with Gasteiger partial charge in [-0.1, -0.05) is 14.9 Å². The van der Waals surface area contributed by atoms with E-state index in [9.17, 15) is 10.1 Å². The van der Waals surface area contributed by atoms with Gasteiger partial charge in [-0.05, 0) is 36.4 Å². The molecule has 0 spiro atoms. The molecule has 2 aromatic carbocycles. The van der Waals surface area contributed by atoms with Crippen LogP contribution in [0.2, 0.25) is 0 Å². The first kappa shape index (κ1) is 24.9. The molecule has 6 nitrogen and oxygen atoms in total.